The van der Waals surface area contributed by atoms with E-state index in [9.17, 15) is 4.79 Å². The van der Waals surface area contributed by atoms with Crippen molar-refractivity contribution in [1.29, 1.82) is 0 Å². The van der Waals surface area contributed by atoms with Crippen molar-refractivity contribution in [2.75, 3.05) is 6.61 Å². The van der Waals surface area contributed by atoms with Gasteiger partial charge < -0.3 is 9.15 Å². The van der Waals surface area contributed by atoms with Crippen LogP contribution in [0.3, 0.4) is 0 Å². The molecule has 0 bridgehead atoms. The third kappa shape index (κ3) is 2.26. The molecule has 0 radical (unpaired) electrons. The lowest BCUT2D eigenvalue weighted by Gasteiger charge is -2.10. The Morgan fingerprint density at radius 1 is 1.41 bits per heavy atom. The number of fused-ring (bicyclic) bond motifs is 1. The maximum atomic E-state index is 11.9. The van der Waals surface area contributed by atoms with Gasteiger partial charge in [-0.15, -0.1) is 23.2 Å². The van der Waals surface area contributed by atoms with Crippen LogP contribution >= 0.6 is 23.2 Å². The highest BCUT2D eigenvalue weighted by Gasteiger charge is 2.21. The fraction of sp³-hybridized carbons (Fsp3) is 0.250. The average molecular weight is 273 g/mol. The van der Waals surface area contributed by atoms with Gasteiger partial charge in [0, 0.05) is 10.9 Å². The van der Waals surface area contributed by atoms with E-state index in [1.165, 1.54) is 6.26 Å². The van der Waals surface area contributed by atoms with Crippen molar-refractivity contribution in [1.82, 2.24) is 0 Å². The van der Waals surface area contributed by atoms with Gasteiger partial charge in [-0.05, 0) is 19.1 Å². The molecule has 0 aliphatic rings. The molecule has 2 rings (SSSR count). The molecule has 0 amide bonds. The molecule has 0 saturated carbocycles. The lowest BCUT2D eigenvalue weighted by Crippen LogP contribution is -2.08. The minimum Gasteiger partial charge on any atom is -0.464 e. The van der Waals surface area contributed by atoms with Crippen molar-refractivity contribution in [3.63, 3.8) is 0 Å². The molecule has 0 unspecified atom stereocenters. The molecule has 0 fully saturated rings. The second-order valence-corrected chi connectivity index (χ2v) is 4.48. The van der Waals surface area contributed by atoms with Crippen LogP contribution in [0.2, 0.25) is 0 Å². The van der Waals surface area contributed by atoms with Gasteiger partial charge in [-0.3, -0.25) is 0 Å². The standard InChI is InChI=1S/C12H10Cl2O3/c1-2-16-12(15)10-7-5-6-17-9(7)4-3-8(10)11(13)14/h3-6,11H,2H2,1H3. The van der Waals surface area contributed by atoms with Crippen molar-refractivity contribution in [3.8, 4) is 0 Å². The molecule has 1 aromatic carbocycles. The summed E-state index contributed by atoms with van der Waals surface area (Å²) in [6.07, 6.45) is 1.51. The van der Waals surface area contributed by atoms with Crippen molar-refractivity contribution >= 4 is 40.1 Å². The number of furan rings is 1. The zero-order valence-electron chi connectivity index (χ0n) is 9.07. The molecule has 0 aliphatic carbocycles. The van der Waals surface area contributed by atoms with Gasteiger partial charge in [-0.25, -0.2) is 4.79 Å². The van der Waals surface area contributed by atoms with Gasteiger partial charge in [0.25, 0.3) is 0 Å². The van der Waals surface area contributed by atoms with Crippen LogP contribution < -0.4 is 0 Å². The van der Waals surface area contributed by atoms with Crippen LogP contribution in [-0.2, 0) is 4.74 Å². The smallest absolute Gasteiger partial charge is 0.339 e. The minimum absolute atomic E-state index is 0.293. The van der Waals surface area contributed by atoms with E-state index in [1.807, 2.05) is 0 Å². The monoisotopic (exact) mass is 272 g/mol. The number of esters is 1. The van der Waals surface area contributed by atoms with E-state index in [2.05, 4.69) is 0 Å². The summed E-state index contributed by atoms with van der Waals surface area (Å²) in [6.45, 7) is 2.04. The van der Waals surface area contributed by atoms with E-state index < -0.39 is 10.8 Å². The summed E-state index contributed by atoms with van der Waals surface area (Å²) >= 11 is 11.7. The Kier molecular flexibility index (Phi) is 3.60. The lowest BCUT2D eigenvalue weighted by atomic mass is 10.0. The van der Waals surface area contributed by atoms with Crippen molar-refractivity contribution in [2.24, 2.45) is 0 Å². The highest BCUT2D eigenvalue weighted by atomic mass is 35.5. The Labute approximate surface area is 108 Å². The lowest BCUT2D eigenvalue weighted by molar-refractivity contribution is 0.0527. The summed E-state index contributed by atoms with van der Waals surface area (Å²) in [5.74, 6) is -0.444. The molecule has 0 spiro atoms. The van der Waals surface area contributed by atoms with E-state index in [0.717, 1.165) is 0 Å². The van der Waals surface area contributed by atoms with Gasteiger partial charge in [0.05, 0.1) is 18.4 Å². The quantitative estimate of drug-likeness (QED) is 0.624. The predicted molar refractivity (Wildman–Crippen MR) is 66.6 cm³/mol. The van der Waals surface area contributed by atoms with Crippen LogP contribution in [0.1, 0.15) is 27.7 Å². The summed E-state index contributed by atoms with van der Waals surface area (Å²) in [5, 5.41) is 0.659. The molecule has 3 nitrogen and oxygen atoms in total. The predicted octanol–water partition coefficient (Wildman–Crippen LogP) is 4.09. The molecule has 5 heteroatoms. The zero-order chi connectivity index (χ0) is 12.4. The van der Waals surface area contributed by atoms with Crippen LogP contribution in [0.25, 0.3) is 11.0 Å². The van der Waals surface area contributed by atoms with E-state index in [1.54, 1.807) is 25.1 Å². The van der Waals surface area contributed by atoms with Crippen LogP contribution in [0, 0.1) is 0 Å². The first-order chi connectivity index (χ1) is 8.15. The van der Waals surface area contributed by atoms with Gasteiger partial charge >= 0.3 is 5.97 Å². The largest absolute Gasteiger partial charge is 0.464 e. The van der Waals surface area contributed by atoms with Crippen molar-refractivity contribution in [3.05, 3.63) is 35.6 Å². The molecule has 17 heavy (non-hydrogen) atoms. The third-order valence-electron chi connectivity index (χ3n) is 2.38. The molecule has 2 aromatic rings. The number of carbonyl (C=O) groups is 1. The van der Waals surface area contributed by atoms with Gasteiger partial charge in [-0.1, -0.05) is 6.07 Å². The molecule has 0 saturated heterocycles. The second kappa shape index (κ2) is 4.98. The van der Waals surface area contributed by atoms with Crippen LogP contribution in [-0.4, -0.2) is 12.6 Å². The molecule has 1 aromatic heterocycles. The van der Waals surface area contributed by atoms with E-state index in [-0.39, 0.29) is 0 Å². The molecule has 0 aliphatic heterocycles. The number of hydrogen-bond donors (Lipinski definition) is 0. The van der Waals surface area contributed by atoms with Gasteiger partial charge in [0.2, 0.25) is 0 Å². The fourth-order valence-electron chi connectivity index (χ4n) is 1.67. The maximum absolute atomic E-state index is 11.9. The Morgan fingerprint density at radius 3 is 2.82 bits per heavy atom. The summed E-state index contributed by atoms with van der Waals surface area (Å²) in [7, 11) is 0. The summed E-state index contributed by atoms with van der Waals surface area (Å²) in [6, 6.07) is 5.09. The summed E-state index contributed by atoms with van der Waals surface area (Å²) in [4.78, 5) is 11.1. The summed E-state index contributed by atoms with van der Waals surface area (Å²) in [5.41, 5.74) is 1.50. The summed E-state index contributed by atoms with van der Waals surface area (Å²) < 4.78 is 10.2. The van der Waals surface area contributed by atoms with E-state index in [4.69, 9.17) is 32.4 Å². The molecular weight excluding hydrogens is 263 g/mol. The first-order valence-electron chi connectivity index (χ1n) is 5.10. The Balaban J connectivity index is 2.65. The number of ether oxygens (including phenoxy) is 1. The first-order valence-corrected chi connectivity index (χ1v) is 5.97. The average Bonchev–Trinajstić information content (AvgIpc) is 2.75. The number of hydrogen-bond acceptors (Lipinski definition) is 3. The molecule has 90 valence electrons. The normalized spacial score (nSPS) is 11.1. The van der Waals surface area contributed by atoms with Crippen molar-refractivity contribution in [2.45, 2.75) is 11.8 Å². The zero-order valence-corrected chi connectivity index (χ0v) is 10.6. The number of benzene rings is 1. The number of carbonyl (C=O) groups excluding carboxylic acids is 1. The Hall–Kier alpha value is -1.19. The fourth-order valence-corrected chi connectivity index (χ4v) is 2.04. The molecule has 0 N–H and O–H groups in total. The number of halogens is 2. The molecule has 1 heterocycles. The highest BCUT2D eigenvalue weighted by molar-refractivity contribution is 6.44. The second-order valence-electron chi connectivity index (χ2n) is 3.38. The van der Waals surface area contributed by atoms with E-state index >= 15 is 0 Å². The third-order valence-corrected chi connectivity index (χ3v) is 2.85. The number of alkyl halides is 2. The SMILES string of the molecule is CCOC(=O)c1c(C(Cl)Cl)ccc2occc12. The molecular formula is C12H10Cl2O3. The Bertz CT molecular complexity index is 546. The van der Waals surface area contributed by atoms with Gasteiger partial charge in [0.15, 0.2) is 0 Å². The van der Waals surface area contributed by atoms with Gasteiger partial charge in [0.1, 0.15) is 10.4 Å². The van der Waals surface area contributed by atoms with Gasteiger partial charge in [-0.2, -0.15) is 0 Å². The number of rotatable bonds is 3. The molecule has 0 atom stereocenters. The van der Waals surface area contributed by atoms with Crippen LogP contribution in [0.15, 0.2) is 28.9 Å². The first kappa shape index (κ1) is 12.3. The highest BCUT2D eigenvalue weighted by Crippen LogP contribution is 2.33. The minimum atomic E-state index is -0.784. The van der Waals surface area contributed by atoms with E-state index in [0.29, 0.717) is 28.7 Å². The Morgan fingerprint density at radius 2 is 2.18 bits per heavy atom. The maximum Gasteiger partial charge on any atom is 0.339 e. The van der Waals surface area contributed by atoms with Crippen LogP contribution in [0.5, 0.6) is 0 Å². The van der Waals surface area contributed by atoms with Crippen LogP contribution in [0.4, 0.5) is 0 Å². The topological polar surface area (TPSA) is 39.4 Å². The van der Waals surface area contributed by atoms with Crippen molar-refractivity contribution < 1.29 is 13.9 Å².